The van der Waals surface area contributed by atoms with E-state index in [1.807, 2.05) is 30.3 Å². The first kappa shape index (κ1) is 15.4. The van der Waals surface area contributed by atoms with Crippen LogP contribution < -0.4 is 5.73 Å². The monoisotopic (exact) mass is 297 g/mol. The van der Waals surface area contributed by atoms with Crippen molar-refractivity contribution in [1.82, 2.24) is 9.21 Å². The predicted molar refractivity (Wildman–Crippen MR) is 80.7 cm³/mol. The van der Waals surface area contributed by atoms with Crippen LogP contribution in [0.4, 0.5) is 0 Å². The summed E-state index contributed by atoms with van der Waals surface area (Å²) in [5.74, 6) is 0.0836. The van der Waals surface area contributed by atoms with Crippen LogP contribution in [0.1, 0.15) is 12.5 Å². The summed E-state index contributed by atoms with van der Waals surface area (Å²) in [5, 5.41) is 0. The molecule has 0 aromatic heterocycles. The van der Waals surface area contributed by atoms with E-state index in [1.54, 1.807) is 4.31 Å². The molecule has 1 atom stereocenters. The van der Waals surface area contributed by atoms with E-state index >= 15 is 0 Å². The first-order chi connectivity index (χ1) is 9.53. The molecule has 0 bridgehead atoms. The molecular formula is C14H23N3O2S. The van der Waals surface area contributed by atoms with Crippen molar-refractivity contribution in [3.63, 3.8) is 0 Å². The van der Waals surface area contributed by atoms with Crippen molar-refractivity contribution in [2.75, 3.05) is 32.7 Å². The Balaban J connectivity index is 1.95. The lowest BCUT2D eigenvalue weighted by atomic mass is 10.2. The summed E-state index contributed by atoms with van der Waals surface area (Å²) in [5.41, 5.74) is 6.49. The summed E-state index contributed by atoms with van der Waals surface area (Å²) in [6.07, 6.45) is 0. The maximum atomic E-state index is 12.4. The third-order valence-electron chi connectivity index (χ3n) is 3.82. The third kappa shape index (κ3) is 3.79. The van der Waals surface area contributed by atoms with Gasteiger partial charge in [0.2, 0.25) is 10.0 Å². The summed E-state index contributed by atoms with van der Waals surface area (Å²) in [6.45, 7) is 5.31. The minimum absolute atomic E-state index is 0.0836. The number of nitrogens with two attached hydrogens (primary N) is 1. The van der Waals surface area contributed by atoms with E-state index in [0.717, 1.165) is 18.7 Å². The van der Waals surface area contributed by atoms with Crippen LogP contribution in [0.15, 0.2) is 30.3 Å². The van der Waals surface area contributed by atoms with Crippen molar-refractivity contribution in [1.29, 1.82) is 0 Å². The minimum Gasteiger partial charge on any atom is -0.329 e. The second-order valence-electron chi connectivity index (χ2n) is 5.26. The second kappa shape index (κ2) is 6.67. The molecule has 1 unspecified atom stereocenters. The van der Waals surface area contributed by atoms with Gasteiger partial charge >= 0.3 is 0 Å². The van der Waals surface area contributed by atoms with E-state index in [0.29, 0.717) is 25.7 Å². The molecule has 1 heterocycles. The summed E-state index contributed by atoms with van der Waals surface area (Å²) >= 11 is 0. The smallest absolute Gasteiger partial charge is 0.218 e. The van der Waals surface area contributed by atoms with Crippen LogP contribution >= 0.6 is 0 Å². The zero-order valence-corrected chi connectivity index (χ0v) is 12.7. The topological polar surface area (TPSA) is 66.6 Å². The van der Waals surface area contributed by atoms with Gasteiger partial charge < -0.3 is 5.73 Å². The summed E-state index contributed by atoms with van der Waals surface area (Å²) in [6, 6.07) is 9.64. The molecule has 1 aromatic rings. The zero-order chi connectivity index (χ0) is 14.6. The molecule has 2 rings (SSSR count). The average Bonchev–Trinajstić information content (AvgIpc) is 2.47. The van der Waals surface area contributed by atoms with Crippen LogP contribution in [0.3, 0.4) is 0 Å². The lowest BCUT2D eigenvalue weighted by Gasteiger charge is -2.37. The van der Waals surface area contributed by atoms with E-state index in [-0.39, 0.29) is 5.75 Å². The van der Waals surface area contributed by atoms with Gasteiger partial charge in [-0.2, -0.15) is 4.31 Å². The van der Waals surface area contributed by atoms with Crippen LogP contribution in [0.5, 0.6) is 0 Å². The van der Waals surface area contributed by atoms with Crippen LogP contribution in [0.25, 0.3) is 0 Å². The fraction of sp³-hybridized carbons (Fsp3) is 0.571. The highest BCUT2D eigenvalue weighted by molar-refractivity contribution is 7.88. The van der Waals surface area contributed by atoms with Gasteiger partial charge in [0.25, 0.3) is 0 Å². The molecule has 0 amide bonds. The fourth-order valence-electron chi connectivity index (χ4n) is 2.45. The number of hydrogen-bond acceptors (Lipinski definition) is 4. The lowest BCUT2D eigenvalue weighted by molar-refractivity contribution is 0.148. The van der Waals surface area contributed by atoms with Crippen molar-refractivity contribution in [3.8, 4) is 0 Å². The van der Waals surface area contributed by atoms with E-state index in [9.17, 15) is 8.42 Å². The second-order valence-corrected chi connectivity index (χ2v) is 7.23. The molecule has 1 fully saturated rings. The first-order valence-electron chi connectivity index (χ1n) is 6.99. The standard InChI is InChI=1S/C14H23N3O2S/c1-13(11-15)16-7-9-17(10-8-16)20(18,19)12-14-5-3-2-4-6-14/h2-6,13H,7-12,15H2,1H3. The Morgan fingerprint density at radius 3 is 2.30 bits per heavy atom. The molecule has 0 radical (unpaired) electrons. The van der Waals surface area contributed by atoms with Crippen molar-refractivity contribution in [2.24, 2.45) is 5.73 Å². The minimum atomic E-state index is -3.22. The lowest BCUT2D eigenvalue weighted by Crippen LogP contribution is -2.52. The quantitative estimate of drug-likeness (QED) is 0.858. The van der Waals surface area contributed by atoms with E-state index in [2.05, 4.69) is 11.8 Å². The highest BCUT2D eigenvalue weighted by Crippen LogP contribution is 2.14. The number of hydrogen-bond donors (Lipinski definition) is 1. The normalized spacial score (nSPS) is 19.9. The van der Waals surface area contributed by atoms with Crippen molar-refractivity contribution in [2.45, 2.75) is 18.7 Å². The molecule has 1 saturated heterocycles. The molecule has 0 saturated carbocycles. The summed E-state index contributed by atoms with van der Waals surface area (Å²) in [7, 11) is -3.22. The van der Waals surface area contributed by atoms with Gasteiger partial charge in [-0.25, -0.2) is 8.42 Å². The number of sulfonamides is 1. The summed E-state index contributed by atoms with van der Waals surface area (Å²) < 4.78 is 26.4. The largest absolute Gasteiger partial charge is 0.329 e. The van der Waals surface area contributed by atoms with Gasteiger partial charge in [-0.05, 0) is 12.5 Å². The Hall–Kier alpha value is -0.950. The summed E-state index contributed by atoms with van der Waals surface area (Å²) in [4.78, 5) is 2.24. The van der Waals surface area contributed by atoms with Crippen LogP contribution in [0, 0.1) is 0 Å². The van der Waals surface area contributed by atoms with Crippen molar-refractivity contribution >= 4 is 10.0 Å². The molecule has 6 heteroatoms. The van der Waals surface area contributed by atoms with Crippen LogP contribution in [-0.4, -0.2) is 56.4 Å². The SMILES string of the molecule is CC(CN)N1CCN(S(=O)(=O)Cc2ccccc2)CC1. The van der Waals surface area contributed by atoms with Crippen LogP contribution in [0.2, 0.25) is 0 Å². The predicted octanol–water partition coefficient (Wildman–Crippen LogP) is 0.481. The Kier molecular flexibility index (Phi) is 5.15. The van der Waals surface area contributed by atoms with Gasteiger partial charge in [-0.1, -0.05) is 30.3 Å². The van der Waals surface area contributed by atoms with Gasteiger partial charge in [0.15, 0.2) is 0 Å². The van der Waals surface area contributed by atoms with E-state index in [1.165, 1.54) is 0 Å². The fourth-order valence-corrected chi connectivity index (χ4v) is 3.96. The Morgan fingerprint density at radius 1 is 1.15 bits per heavy atom. The third-order valence-corrected chi connectivity index (χ3v) is 5.67. The molecule has 0 aliphatic carbocycles. The maximum absolute atomic E-state index is 12.4. The molecule has 1 aromatic carbocycles. The molecule has 2 N–H and O–H groups in total. The molecule has 1 aliphatic rings. The molecule has 5 nitrogen and oxygen atoms in total. The van der Waals surface area contributed by atoms with E-state index in [4.69, 9.17) is 5.73 Å². The maximum Gasteiger partial charge on any atom is 0.218 e. The number of piperazine rings is 1. The average molecular weight is 297 g/mol. The Bertz CT molecular complexity index is 510. The first-order valence-corrected chi connectivity index (χ1v) is 8.59. The zero-order valence-electron chi connectivity index (χ0n) is 11.9. The van der Waals surface area contributed by atoms with Gasteiger partial charge in [0.1, 0.15) is 0 Å². The van der Waals surface area contributed by atoms with Crippen molar-refractivity contribution < 1.29 is 8.42 Å². The molecular weight excluding hydrogens is 274 g/mol. The van der Waals surface area contributed by atoms with Gasteiger partial charge in [-0.15, -0.1) is 0 Å². The van der Waals surface area contributed by atoms with Crippen LogP contribution in [-0.2, 0) is 15.8 Å². The van der Waals surface area contributed by atoms with Gasteiger partial charge in [0, 0.05) is 38.8 Å². The highest BCUT2D eigenvalue weighted by Gasteiger charge is 2.28. The van der Waals surface area contributed by atoms with E-state index < -0.39 is 10.0 Å². The molecule has 0 spiro atoms. The van der Waals surface area contributed by atoms with Gasteiger partial charge in [0.05, 0.1) is 5.75 Å². The molecule has 1 aliphatic heterocycles. The van der Waals surface area contributed by atoms with Gasteiger partial charge in [-0.3, -0.25) is 4.90 Å². The number of benzene rings is 1. The number of nitrogens with zero attached hydrogens (tertiary/aromatic N) is 2. The number of rotatable bonds is 5. The Labute approximate surface area is 121 Å². The van der Waals surface area contributed by atoms with Crippen molar-refractivity contribution in [3.05, 3.63) is 35.9 Å². The molecule has 112 valence electrons. The molecule has 20 heavy (non-hydrogen) atoms. The highest BCUT2D eigenvalue weighted by atomic mass is 32.2. The Morgan fingerprint density at radius 2 is 1.75 bits per heavy atom.